The van der Waals surface area contributed by atoms with Crippen LogP contribution in [0.2, 0.25) is 0 Å². The molecule has 16 heavy (non-hydrogen) atoms. The van der Waals surface area contributed by atoms with Crippen LogP contribution in [0.15, 0.2) is 59.5 Å². The highest BCUT2D eigenvalue weighted by molar-refractivity contribution is 7.95. The van der Waals surface area contributed by atoms with Gasteiger partial charge in [0.1, 0.15) is 17.8 Å². The van der Waals surface area contributed by atoms with Crippen molar-refractivity contribution in [2.24, 2.45) is 0 Å². The van der Waals surface area contributed by atoms with Crippen molar-refractivity contribution in [3.8, 4) is 5.75 Å². The largest absolute Gasteiger partial charge is 0.508 e. The Hall–Kier alpha value is -1.41. The van der Waals surface area contributed by atoms with Gasteiger partial charge < -0.3 is 5.11 Å². The molecular formula is C14H15OS+. The van der Waals surface area contributed by atoms with Gasteiger partial charge in [0.2, 0.25) is 0 Å². The van der Waals surface area contributed by atoms with E-state index in [1.807, 2.05) is 18.2 Å². The van der Waals surface area contributed by atoms with E-state index in [0.29, 0.717) is 5.75 Å². The summed E-state index contributed by atoms with van der Waals surface area (Å²) in [5, 5.41) is 9.21. The fourth-order valence-electron chi connectivity index (χ4n) is 1.58. The highest BCUT2D eigenvalue weighted by Gasteiger charge is 2.15. The fourth-order valence-corrected chi connectivity index (χ4v) is 3.06. The summed E-state index contributed by atoms with van der Waals surface area (Å²) in [6, 6.07) is 18.0. The Morgan fingerprint density at radius 2 is 1.56 bits per heavy atom. The summed E-state index contributed by atoms with van der Waals surface area (Å²) < 4.78 is 0. The average molecular weight is 231 g/mol. The molecule has 0 saturated carbocycles. The minimum Gasteiger partial charge on any atom is -0.508 e. The lowest BCUT2D eigenvalue weighted by Crippen LogP contribution is -2.03. The van der Waals surface area contributed by atoms with E-state index in [9.17, 15) is 5.11 Å². The monoisotopic (exact) mass is 231 g/mol. The average Bonchev–Trinajstić information content (AvgIpc) is 2.33. The molecule has 0 fully saturated rings. The second-order valence-electron chi connectivity index (χ2n) is 3.76. The zero-order chi connectivity index (χ0) is 11.4. The molecule has 1 N–H and O–H groups in total. The summed E-state index contributed by atoms with van der Waals surface area (Å²) in [5.74, 6) is 1.36. The van der Waals surface area contributed by atoms with Gasteiger partial charge in [0.15, 0.2) is 4.90 Å². The molecule has 1 unspecified atom stereocenters. The molecule has 82 valence electrons. The summed E-state index contributed by atoms with van der Waals surface area (Å²) >= 11 is 0. The predicted octanol–water partition coefficient (Wildman–Crippen LogP) is 3.20. The lowest BCUT2D eigenvalue weighted by molar-refractivity contribution is 0.475. The highest BCUT2D eigenvalue weighted by atomic mass is 32.2. The van der Waals surface area contributed by atoms with Crippen LogP contribution >= 0.6 is 0 Å². The minimum atomic E-state index is 0.227. The van der Waals surface area contributed by atoms with E-state index in [-0.39, 0.29) is 10.9 Å². The van der Waals surface area contributed by atoms with Gasteiger partial charge >= 0.3 is 0 Å². The zero-order valence-electron chi connectivity index (χ0n) is 9.26. The summed E-state index contributed by atoms with van der Waals surface area (Å²) in [4.78, 5) is 1.38. The molecule has 0 heterocycles. The van der Waals surface area contributed by atoms with Crippen LogP contribution in [0.4, 0.5) is 0 Å². The van der Waals surface area contributed by atoms with Crippen molar-refractivity contribution in [1.82, 2.24) is 0 Å². The van der Waals surface area contributed by atoms with E-state index in [1.165, 1.54) is 10.5 Å². The molecule has 0 bridgehead atoms. The lowest BCUT2D eigenvalue weighted by atomic mass is 10.2. The van der Waals surface area contributed by atoms with Gasteiger partial charge in [-0.1, -0.05) is 30.3 Å². The van der Waals surface area contributed by atoms with Crippen molar-refractivity contribution in [2.45, 2.75) is 10.6 Å². The van der Waals surface area contributed by atoms with Gasteiger partial charge in [0.25, 0.3) is 0 Å². The van der Waals surface area contributed by atoms with Crippen LogP contribution in [-0.4, -0.2) is 11.4 Å². The third-order valence-corrected chi connectivity index (χ3v) is 4.31. The van der Waals surface area contributed by atoms with E-state index in [4.69, 9.17) is 0 Å². The lowest BCUT2D eigenvalue weighted by Gasteiger charge is -2.03. The fraction of sp³-hybridized carbons (Fsp3) is 0.143. The van der Waals surface area contributed by atoms with Gasteiger partial charge in [0.05, 0.1) is 0 Å². The van der Waals surface area contributed by atoms with Gasteiger partial charge in [0, 0.05) is 16.5 Å². The standard InChI is InChI=1S/C14H14OS/c1-16(14-5-3-2-4-6-14)11-12-7-9-13(15)10-8-12/h2-10H,11H2,1H3/p+1. The van der Waals surface area contributed by atoms with Crippen LogP contribution in [0.25, 0.3) is 0 Å². The van der Waals surface area contributed by atoms with E-state index < -0.39 is 0 Å². The molecule has 1 nitrogen and oxygen atoms in total. The summed E-state index contributed by atoms with van der Waals surface area (Å²) in [7, 11) is 0.227. The first-order valence-corrected chi connectivity index (χ1v) is 7.01. The van der Waals surface area contributed by atoms with Crippen molar-refractivity contribution < 1.29 is 5.11 Å². The van der Waals surface area contributed by atoms with E-state index in [2.05, 4.69) is 30.5 Å². The Bertz CT molecular complexity index is 436. The first-order valence-electron chi connectivity index (χ1n) is 5.21. The van der Waals surface area contributed by atoms with Crippen LogP contribution in [0.5, 0.6) is 5.75 Å². The summed E-state index contributed by atoms with van der Waals surface area (Å²) in [5.41, 5.74) is 1.27. The molecule has 2 aromatic rings. The van der Waals surface area contributed by atoms with Crippen LogP contribution in [0, 0.1) is 0 Å². The Kier molecular flexibility index (Phi) is 3.52. The van der Waals surface area contributed by atoms with Gasteiger partial charge in [-0.3, -0.25) is 0 Å². The topological polar surface area (TPSA) is 20.2 Å². The van der Waals surface area contributed by atoms with Gasteiger partial charge in [-0.25, -0.2) is 0 Å². The third kappa shape index (κ3) is 2.80. The molecule has 0 aliphatic heterocycles. The molecule has 0 aliphatic carbocycles. The van der Waals surface area contributed by atoms with Crippen molar-refractivity contribution in [2.75, 3.05) is 6.26 Å². The van der Waals surface area contributed by atoms with Crippen molar-refractivity contribution in [3.05, 3.63) is 60.2 Å². The molecule has 2 rings (SSSR count). The predicted molar refractivity (Wildman–Crippen MR) is 69.8 cm³/mol. The van der Waals surface area contributed by atoms with Crippen LogP contribution < -0.4 is 0 Å². The smallest absolute Gasteiger partial charge is 0.154 e. The van der Waals surface area contributed by atoms with Crippen molar-refractivity contribution >= 4 is 10.9 Å². The molecule has 0 amide bonds. The molecule has 0 radical (unpaired) electrons. The normalized spacial score (nSPS) is 12.3. The molecule has 0 aliphatic rings. The minimum absolute atomic E-state index is 0.227. The molecule has 0 aromatic heterocycles. The molecule has 0 saturated heterocycles. The highest BCUT2D eigenvalue weighted by Crippen LogP contribution is 2.18. The maximum absolute atomic E-state index is 9.21. The van der Waals surface area contributed by atoms with Crippen LogP contribution in [0.3, 0.4) is 0 Å². The van der Waals surface area contributed by atoms with Crippen LogP contribution in [-0.2, 0) is 16.6 Å². The number of phenols is 1. The quantitative estimate of drug-likeness (QED) is 0.804. The first kappa shape index (κ1) is 11.1. The number of aromatic hydroxyl groups is 1. The Balaban J connectivity index is 2.08. The maximum Gasteiger partial charge on any atom is 0.154 e. The Morgan fingerprint density at radius 3 is 2.19 bits per heavy atom. The van der Waals surface area contributed by atoms with Crippen LogP contribution in [0.1, 0.15) is 5.56 Å². The first-order chi connectivity index (χ1) is 7.75. The molecule has 2 aromatic carbocycles. The molecule has 1 atom stereocenters. The van der Waals surface area contributed by atoms with Gasteiger partial charge in [-0.2, -0.15) is 0 Å². The summed E-state index contributed by atoms with van der Waals surface area (Å²) in [6.45, 7) is 0. The SMILES string of the molecule is C[S+](Cc1ccc(O)cc1)c1ccccc1. The zero-order valence-corrected chi connectivity index (χ0v) is 10.1. The Morgan fingerprint density at radius 1 is 0.938 bits per heavy atom. The van der Waals surface area contributed by atoms with Gasteiger partial charge in [-0.15, -0.1) is 0 Å². The van der Waals surface area contributed by atoms with Crippen molar-refractivity contribution in [1.29, 1.82) is 0 Å². The second kappa shape index (κ2) is 5.08. The number of hydrogen-bond acceptors (Lipinski definition) is 1. The van der Waals surface area contributed by atoms with Crippen molar-refractivity contribution in [3.63, 3.8) is 0 Å². The maximum atomic E-state index is 9.21. The van der Waals surface area contributed by atoms with E-state index >= 15 is 0 Å². The number of benzene rings is 2. The summed E-state index contributed by atoms with van der Waals surface area (Å²) in [6.07, 6.45) is 2.25. The molecular weight excluding hydrogens is 216 g/mol. The number of hydrogen-bond donors (Lipinski definition) is 1. The Labute approximate surface area is 99.1 Å². The van der Waals surface area contributed by atoms with E-state index in [1.54, 1.807) is 12.1 Å². The second-order valence-corrected chi connectivity index (χ2v) is 5.80. The molecule has 0 spiro atoms. The third-order valence-electron chi connectivity index (χ3n) is 2.47. The number of rotatable bonds is 3. The van der Waals surface area contributed by atoms with E-state index in [0.717, 1.165) is 5.75 Å². The number of phenolic OH excluding ortho intramolecular Hbond substituents is 1. The molecule has 2 heteroatoms. The van der Waals surface area contributed by atoms with Gasteiger partial charge in [-0.05, 0) is 24.3 Å².